The van der Waals surface area contributed by atoms with Gasteiger partial charge in [0.25, 0.3) is 5.91 Å². The van der Waals surface area contributed by atoms with Gasteiger partial charge in [-0.3, -0.25) is 4.79 Å². The summed E-state index contributed by atoms with van der Waals surface area (Å²) in [5.74, 6) is 2.36. The summed E-state index contributed by atoms with van der Waals surface area (Å²) < 4.78 is 2.37. The number of rotatable bonds is 4. The van der Waals surface area contributed by atoms with Crippen LogP contribution in [-0.2, 0) is 6.54 Å². The van der Waals surface area contributed by atoms with Gasteiger partial charge in [0.05, 0.1) is 11.6 Å². The molecule has 1 aromatic heterocycles. The summed E-state index contributed by atoms with van der Waals surface area (Å²) in [6.45, 7) is 4.64. The van der Waals surface area contributed by atoms with Crippen LogP contribution in [0.1, 0.15) is 59.0 Å². The van der Waals surface area contributed by atoms with Crippen LogP contribution in [-0.4, -0.2) is 33.4 Å². The van der Waals surface area contributed by atoms with Gasteiger partial charge in [-0.15, -0.1) is 0 Å². The Morgan fingerprint density at radius 2 is 2.19 bits per heavy atom. The van der Waals surface area contributed by atoms with Crippen molar-refractivity contribution in [3.63, 3.8) is 0 Å². The van der Waals surface area contributed by atoms with Crippen LogP contribution in [0.2, 0.25) is 0 Å². The molecule has 0 bridgehead atoms. The van der Waals surface area contributed by atoms with Gasteiger partial charge < -0.3 is 9.47 Å². The van der Waals surface area contributed by atoms with Crippen molar-refractivity contribution in [3.05, 3.63) is 53.1 Å². The fourth-order valence-corrected chi connectivity index (χ4v) is 3.95. The van der Waals surface area contributed by atoms with Crippen molar-refractivity contribution in [1.82, 2.24) is 14.5 Å². The largest absolute Gasteiger partial charge is 0.338 e. The number of aromatic nitrogens is 2. The van der Waals surface area contributed by atoms with Gasteiger partial charge in [-0.05, 0) is 56.7 Å². The molecular weight excluding hydrogens is 324 g/mol. The zero-order chi connectivity index (χ0) is 18.1. The molecule has 26 heavy (non-hydrogen) atoms. The van der Waals surface area contributed by atoms with E-state index in [-0.39, 0.29) is 5.91 Å². The summed E-state index contributed by atoms with van der Waals surface area (Å²) in [5.41, 5.74) is 2.37. The first-order chi connectivity index (χ1) is 12.7. The van der Waals surface area contributed by atoms with Crippen LogP contribution in [0.3, 0.4) is 0 Å². The van der Waals surface area contributed by atoms with Gasteiger partial charge >= 0.3 is 0 Å². The smallest absolute Gasteiger partial charge is 0.253 e. The van der Waals surface area contributed by atoms with Crippen molar-refractivity contribution >= 4 is 5.91 Å². The lowest BCUT2D eigenvalue weighted by atomic mass is 9.96. The van der Waals surface area contributed by atoms with Gasteiger partial charge in [0.15, 0.2) is 0 Å². The maximum Gasteiger partial charge on any atom is 0.253 e. The molecule has 1 saturated heterocycles. The zero-order valence-corrected chi connectivity index (χ0v) is 15.2. The second-order valence-electron chi connectivity index (χ2n) is 7.59. The molecule has 1 unspecified atom stereocenters. The molecule has 2 aliphatic rings. The van der Waals surface area contributed by atoms with Crippen molar-refractivity contribution in [2.75, 3.05) is 13.1 Å². The maximum atomic E-state index is 12.9. The highest BCUT2D eigenvalue weighted by Crippen LogP contribution is 2.40. The van der Waals surface area contributed by atoms with Crippen molar-refractivity contribution in [2.45, 2.75) is 45.1 Å². The predicted octanol–water partition coefficient (Wildman–Crippen LogP) is 3.49. The second kappa shape index (κ2) is 6.95. The molecule has 1 amide bonds. The molecule has 4 rings (SSSR count). The number of nitriles is 1. The number of likely N-dealkylation sites (tertiary alicyclic amines) is 1. The van der Waals surface area contributed by atoms with Crippen LogP contribution >= 0.6 is 0 Å². The zero-order valence-electron chi connectivity index (χ0n) is 15.2. The topological polar surface area (TPSA) is 61.9 Å². The summed E-state index contributed by atoms with van der Waals surface area (Å²) in [4.78, 5) is 19.4. The molecule has 1 aliphatic heterocycles. The third-order valence-corrected chi connectivity index (χ3v) is 5.51. The first-order valence-corrected chi connectivity index (χ1v) is 9.47. The number of hydrogen-bond donors (Lipinski definition) is 0. The second-order valence-corrected chi connectivity index (χ2v) is 7.59. The van der Waals surface area contributed by atoms with Crippen LogP contribution in [0.15, 0.2) is 30.5 Å². The van der Waals surface area contributed by atoms with E-state index >= 15 is 0 Å². The molecule has 134 valence electrons. The molecule has 1 aromatic carbocycles. The molecular formula is C21H24N4O. The van der Waals surface area contributed by atoms with Crippen LogP contribution in [0, 0.1) is 24.2 Å². The van der Waals surface area contributed by atoms with Gasteiger partial charge in [0, 0.05) is 43.0 Å². The van der Waals surface area contributed by atoms with E-state index in [2.05, 4.69) is 22.5 Å². The summed E-state index contributed by atoms with van der Waals surface area (Å²) in [6.07, 6.45) is 6.65. The molecule has 0 radical (unpaired) electrons. The molecule has 5 heteroatoms. The average molecular weight is 348 g/mol. The number of amides is 1. The minimum atomic E-state index is 0.0385. The van der Waals surface area contributed by atoms with Gasteiger partial charge in [-0.1, -0.05) is 6.07 Å². The van der Waals surface area contributed by atoms with E-state index < -0.39 is 0 Å². The number of carbonyl (C=O) groups is 1. The third-order valence-electron chi connectivity index (χ3n) is 5.51. The standard InChI is InChI=1S/C21H24N4O/c1-15-12-23-20(18-7-8-18)25(15)14-17-5-3-9-24(13-17)21(26)19-6-2-4-16(10-19)11-22/h2,4,6,10,12,17-18H,3,5,7-9,13-14H2,1H3. The van der Waals surface area contributed by atoms with Crippen molar-refractivity contribution in [3.8, 4) is 6.07 Å². The van der Waals surface area contributed by atoms with Gasteiger partial charge in [-0.25, -0.2) is 4.98 Å². The first-order valence-electron chi connectivity index (χ1n) is 9.47. The van der Waals surface area contributed by atoms with E-state index in [0.29, 0.717) is 23.0 Å². The van der Waals surface area contributed by atoms with E-state index in [1.807, 2.05) is 11.1 Å². The molecule has 5 nitrogen and oxygen atoms in total. The molecule has 2 heterocycles. The molecule has 0 spiro atoms. The summed E-state index contributed by atoms with van der Waals surface area (Å²) in [5, 5.41) is 9.06. The number of imidazole rings is 1. The summed E-state index contributed by atoms with van der Waals surface area (Å²) >= 11 is 0. The normalized spacial score (nSPS) is 20.0. The Morgan fingerprint density at radius 1 is 1.35 bits per heavy atom. The number of piperidine rings is 1. The van der Waals surface area contributed by atoms with Gasteiger partial charge in [0.1, 0.15) is 5.82 Å². The minimum absolute atomic E-state index is 0.0385. The molecule has 2 aromatic rings. The Balaban J connectivity index is 1.47. The van der Waals surface area contributed by atoms with Crippen LogP contribution in [0.4, 0.5) is 0 Å². The van der Waals surface area contributed by atoms with Crippen LogP contribution in [0.25, 0.3) is 0 Å². The number of benzene rings is 1. The highest BCUT2D eigenvalue weighted by molar-refractivity contribution is 5.94. The number of aryl methyl sites for hydroxylation is 1. The van der Waals surface area contributed by atoms with Crippen LogP contribution < -0.4 is 0 Å². The maximum absolute atomic E-state index is 12.9. The Labute approximate surface area is 154 Å². The highest BCUT2D eigenvalue weighted by Gasteiger charge is 2.31. The van der Waals surface area contributed by atoms with Crippen LogP contribution in [0.5, 0.6) is 0 Å². The Bertz CT molecular complexity index is 859. The quantitative estimate of drug-likeness (QED) is 0.850. The first kappa shape index (κ1) is 16.8. The van der Waals surface area contributed by atoms with E-state index in [1.54, 1.807) is 24.3 Å². The van der Waals surface area contributed by atoms with Crippen molar-refractivity contribution in [1.29, 1.82) is 5.26 Å². The highest BCUT2D eigenvalue weighted by atomic mass is 16.2. The molecule has 0 N–H and O–H groups in total. The van der Waals surface area contributed by atoms with Gasteiger partial charge in [0.2, 0.25) is 0 Å². The summed E-state index contributed by atoms with van der Waals surface area (Å²) in [6, 6.07) is 9.12. The molecule has 1 atom stereocenters. The summed E-state index contributed by atoms with van der Waals surface area (Å²) in [7, 11) is 0. The Morgan fingerprint density at radius 3 is 2.96 bits per heavy atom. The van der Waals surface area contributed by atoms with Gasteiger partial charge in [-0.2, -0.15) is 5.26 Å². The molecule has 1 aliphatic carbocycles. The number of carbonyl (C=O) groups excluding carboxylic acids is 1. The molecule has 1 saturated carbocycles. The SMILES string of the molecule is Cc1cnc(C2CC2)n1CC1CCCN(C(=O)c2cccc(C#N)c2)C1. The van der Waals surface area contributed by atoms with E-state index in [1.165, 1.54) is 24.4 Å². The van der Waals surface area contributed by atoms with E-state index in [0.717, 1.165) is 32.5 Å². The monoisotopic (exact) mass is 348 g/mol. The number of hydrogen-bond acceptors (Lipinski definition) is 3. The predicted molar refractivity (Wildman–Crippen MR) is 98.7 cm³/mol. The average Bonchev–Trinajstić information content (AvgIpc) is 3.46. The fraction of sp³-hybridized carbons (Fsp3) is 0.476. The third kappa shape index (κ3) is 3.37. The lowest BCUT2D eigenvalue weighted by Gasteiger charge is -2.33. The van der Waals surface area contributed by atoms with E-state index in [4.69, 9.17) is 5.26 Å². The van der Waals surface area contributed by atoms with Crippen molar-refractivity contribution < 1.29 is 4.79 Å². The van der Waals surface area contributed by atoms with E-state index in [9.17, 15) is 4.79 Å². The fourth-order valence-electron chi connectivity index (χ4n) is 3.95. The van der Waals surface area contributed by atoms with Crippen molar-refractivity contribution in [2.24, 2.45) is 5.92 Å². The lowest BCUT2D eigenvalue weighted by Crippen LogP contribution is -2.41. The minimum Gasteiger partial charge on any atom is -0.338 e. The Hall–Kier alpha value is -2.61. The lowest BCUT2D eigenvalue weighted by molar-refractivity contribution is 0.0661. The molecule has 2 fully saturated rings. The number of nitrogens with zero attached hydrogens (tertiary/aromatic N) is 4. The Kier molecular flexibility index (Phi) is 4.50.